The summed E-state index contributed by atoms with van der Waals surface area (Å²) < 4.78 is 0. The van der Waals surface area contributed by atoms with Crippen molar-refractivity contribution in [3.8, 4) is 0 Å². The third-order valence-electron chi connectivity index (χ3n) is 5.40. The molecule has 6 nitrogen and oxygen atoms in total. The predicted molar refractivity (Wildman–Crippen MR) is 143 cm³/mol. The third kappa shape index (κ3) is 6.40. The van der Waals surface area contributed by atoms with Crippen molar-refractivity contribution in [2.45, 2.75) is 17.1 Å². The molecule has 3 N–H and O–H groups in total. The Morgan fingerprint density at radius 3 is 2.08 bits per heavy atom. The Labute approximate surface area is 213 Å². The number of carbonyl (C=O) groups is 3. The van der Waals surface area contributed by atoms with Crippen LogP contribution in [0.25, 0.3) is 0 Å². The molecule has 0 saturated carbocycles. The predicted octanol–water partition coefficient (Wildman–Crippen LogP) is 6.42. The highest BCUT2D eigenvalue weighted by atomic mass is 32.2. The number of amides is 2. The van der Waals surface area contributed by atoms with E-state index in [1.165, 1.54) is 23.9 Å². The van der Waals surface area contributed by atoms with Crippen molar-refractivity contribution in [3.63, 3.8) is 0 Å². The Kier molecular flexibility index (Phi) is 7.82. The van der Waals surface area contributed by atoms with Crippen LogP contribution in [0, 0.1) is 6.92 Å². The first-order chi connectivity index (χ1) is 17.4. The number of nitrogens with one attached hydrogen (secondary N) is 2. The van der Waals surface area contributed by atoms with Gasteiger partial charge in [-0.25, -0.2) is 4.79 Å². The average Bonchev–Trinajstić information content (AvgIpc) is 2.89. The number of aromatic carboxylic acids is 1. The summed E-state index contributed by atoms with van der Waals surface area (Å²) in [4.78, 5) is 37.9. The Bertz CT molecular complexity index is 1370. The molecule has 0 heterocycles. The normalized spacial score (nSPS) is 11.4. The van der Waals surface area contributed by atoms with E-state index >= 15 is 0 Å². The third-order valence-corrected chi connectivity index (χ3v) is 6.66. The average molecular weight is 497 g/mol. The molecule has 7 heteroatoms. The van der Waals surface area contributed by atoms with Crippen LogP contribution in [0.3, 0.4) is 0 Å². The molecule has 0 saturated heterocycles. The van der Waals surface area contributed by atoms with Crippen LogP contribution in [0.2, 0.25) is 0 Å². The lowest BCUT2D eigenvalue weighted by Crippen LogP contribution is -2.19. The van der Waals surface area contributed by atoms with Crippen LogP contribution in [0.15, 0.2) is 108 Å². The molecule has 1 atom stereocenters. The van der Waals surface area contributed by atoms with Crippen LogP contribution in [-0.4, -0.2) is 22.9 Å². The van der Waals surface area contributed by atoms with Gasteiger partial charge >= 0.3 is 5.97 Å². The molecule has 36 heavy (non-hydrogen) atoms. The van der Waals surface area contributed by atoms with Crippen LogP contribution in [0.5, 0.6) is 0 Å². The van der Waals surface area contributed by atoms with E-state index in [1.807, 2.05) is 61.5 Å². The van der Waals surface area contributed by atoms with E-state index in [0.29, 0.717) is 16.9 Å². The van der Waals surface area contributed by atoms with Crippen molar-refractivity contribution in [1.82, 2.24) is 0 Å². The molecule has 0 aliphatic carbocycles. The molecule has 180 valence electrons. The van der Waals surface area contributed by atoms with Gasteiger partial charge in [0.25, 0.3) is 5.91 Å². The highest BCUT2D eigenvalue weighted by molar-refractivity contribution is 8.00. The quantitative estimate of drug-likeness (QED) is 0.245. The fourth-order valence-electron chi connectivity index (χ4n) is 3.50. The highest BCUT2D eigenvalue weighted by Crippen LogP contribution is 2.36. The van der Waals surface area contributed by atoms with Crippen molar-refractivity contribution in [2.75, 3.05) is 10.6 Å². The van der Waals surface area contributed by atoms with Gasteiger partial charge in [-0.1, -0.05) is 54.1 Å². The monoisotopic (exact) mass is 496 g/mol. The van der Waals surface area contributed by atoms with E-state index in [0.717, 1.165) is 16.0 Å². The molecule has 0 fully saturated rings. The number of carbonyl (C=O) groups excluding carboxylic acids is 2. The largest absolute Gasteiger partial charge is 0.478 e. The number of anilines is 2. The first kappa shape index (κ1) is 24.8. The molecule has 0 aliphatic heterocycles. The van der Waals surface area contributed by atoms with Crippen LogP contribution in [0.4, 0.5) is 11.4 Å². The Balaban J connectivity index is 1.49. The second kappa shape index (κ2) is 11.4. The summed E-state index contributed by atoms with van der Waals surface area (Å²) in [6.07, 6.45) is 0. The fourth-order valence-corrected chi connectivity index (χ4v) is 4.52. The van der Waals surface area contributed by atoms with Crippen LogP contribution < -0.4 is 10.6 Å². The van der Waals surface area contributed by atoms with Crippen molar-refractivity contribution in [3.05, 3.63) is 125 Å². The van der Waals surface area contributed by atoms with E-state index in [2.05, 4.69) is 10.6 Å². The summed E-state index contributed by atoms with van der Waals surface area (Å²) in [5.41, 5.74) is 3.63. The number of rotatable bonds is 8. The van der Waals surface area contributed by atoms with Crippen molar-refractivity contribution in [2.24, 2.45) is 0 Å². The van der Waals surface area contributed by atoms with E-state index in [1.54, 1.807) is 36.4 Å². The van der Waals surface area contributed by atoms with Crippen molar-refractivity contribution in [1.29, 1.82) is 0 Å². The van der Waals surface area contributed by atoms with E-state index in [4.69, 9.17) is 0 Å². The number of carboxylic acid groups (broad SMARTS) is 1. The number of carboxylic acids is 1. The Hall–Kier alpha value is -4.36. The molecule has 0 aliphatic rings. The zero-order valence-corrected chi connectivity index (χ0v) is 20.3. The molecular formula is C29H24N2O4S. The number of hydrogen-bond acceptors (Lipinski definition) is 4. The second-order valence-electron chi connectivity index (χ2n) is 8.13. The molecule has 0 aromatic heterocycles. The molecule has 0 spiro atoms. The summed E-state index contributed by atoms with van der Waals surface area (Å²) in [5.74, 6) is -1.53. The lowest BCUT2D eigenvalue weighted by atomic mass is 10.1. The molecule has 0 radical (unpaired) electrons. The second-order valence-corrected chi connectivity index (χ2v) is 9.31. The molecule has 4 rings (SSSR count). The smallest absolute Gasteiger partial charge is 0.335 e. The number of aryl methyl sites for hydroxylation is 1. The van der Waals surface area contributed by atoms with Crippen LogP contribution in [-0.2, 0) is 4.79 Å². The van der Waals surface area contributed by atoms with E-state index in [9.17, 15) is 19.5 Å². The van der Waals surface area contributed by atoms with E-state index < -0.39 is 11.2 Å². The summed E-state index contributed by atoms with van der Waals surface area (Å²) in [6, 6.07) is 30.2. The van der Waals surface area contributed by atoms with Gasteiger partial charge in [0, 0.05) is 21.8 Å². The number of thioether (sulfide) groups is 1. The molecule has 2 amide bonds. The van der Waals surface area contributed by atoms with Gasteiger partial charge in [0.05, 0.1) is 5.56 Å². The molecule has 4 aromatic carbocycles. The van der Waals surface area contributed by atoms with Gasteiger partial charge in [0.15, 0.2) is 0 Å². The molecule has 0 bridgehead atoms. The maximum Gasteiger partial charge on any atom is 0.335 e. The minimum atomic E-state index is -1.06. The van der Waals surface area contributed by atoms with Gasteiger partial charge < -0.3 is 15.7 Å². The lowest BCUT2D eigenvalue weighted by molar-refractivity contribution is -0.115. The maximum atomic E-state index is 13.3. The zero-order chi connectivity index (χ0) is 25.5. The summed E-state index contributed by atoms with van der Waals surface area (Å²) >= 11 is 1.36. The zero-order valence-electron chi connectivity index (χ0n) is 19.5. The minimum absolute atomic E-state index is 0.0972. The first-order valence-corrected chi connectivity index (χ1v) is 12.1. The Morgan fingerprint density at radius 1 is 0.722 bits per heavy atom. The number of benzene rings is 4. The summed E-state index contributed by atoms with van der Waals surface area (Å²) in [5, 5.41) is 14.4. The topological polar surface area (TPSA) is 95.5 Å². The van der Waals surface area contributed by atoms with Crippen molar-refractivity contribution < 1.29 is 19.5 Å². The van der Waals surface area contributed by atoms with Crippen LogP contribution >= 0.6 is 11.8 Å². The van der Waals surface area contributed by atoms with Gasteiger partial charge in [-0.3, -0.25) is 9.59 Å². The Morgan fingerprint density at radius 2 is 1.42 bits per heavy atom. The summed E-state index contributed by atoms with van der Waals surface area (Å²) in [6.45, 7) is 1.97. The van der Waals surface area contributed by atoms with E-state index in [-0.39, 0.29) is 17.4 Å². The standard InChI is InChI=1S/C29H24N2O4S/c1-19-10-12-21(13-11-19)27(32)30-23-14-16-25(17-15-23)36-26(20-6-3-2-4-7-20)28(33)31-24-9-5-8-22(18-24)29(34)35/h2-18,26H,1H3,(H,30,32)(H,31,33)(H,34,35). The molecule has 4 aromatic rings. The fraction of sp³-hybridized carbons (Fsp3) is 0.0690. The number of hydrogen-bond donors (Lipinski definition) is 3. The van der Waals surface area contributed by atoms with Crippen molar-refractivity contribution >= 4 is 40.9 Å². The van der Waals surface area contributed by atoms with Gasteiger partial charge in [-0.2, -0.15) is 0 Å². The van der Waals surface area contributed by atoms with Gasteiger partial charge in [-0.15, -0.1) is 11.8 Å². The maximum absolute atomic E-state index is 13.3. The molecule has 1 unspecified atom stereocenters. The molecular weight excluding hydrogens is 472 g/mol. The van der Waals surface area contributed by atoms with Gasteiger partial charge in [-0.05, 0) is 67.1 Å². The lowest BCUT2D eigenvalue weighted by Gasteiger charge is -2.17. The van der Waals surface area contributed by atoms with Gasteiger partial charge in [0.1, 0.15) is 5.25 Å². The van der Waals surface area contributed by atoms with Crippen LogP contribution in [0.1, 0.15) is 37.1 Å². The van der Waals surface area contributed by atoms with Gasteiger partial charge in [0.2, 0.25) is 5.91 Å². The summed E-state index contributed by atoms with van der Waals surface area (Å²) in [7, 11) is 0. The first-order valence-electron chi connectivity index (χ1n) is 11.2. The highest BCUT2D eigenvalue weighted by Gasteiger charge is 2.22. The minimum Gasteiger partial charge on any atom is -0.478 e. The SMILES string of the molecule is Cc1ccc(C(=O)Nc2ccc(SC(C(=O)Nc3cccc(C(=O)O)c3)c3ccccc3)cc2)cc1.